The Morgan fingerprint density at radius 3 is 2.64 bits per heavy atom. The van der Waals surface area contributed by atoms with Gasteiger partial charge in [0.1, 0.15) is 0 Å². The number of aromatic nitrogens is 4. The Morgan fingerprint density at radius 2 is 1.96 bits per heavy atom. The van der Waals surface area contributed by atoms with Crippen LogP contribution in [-0.2, 0) is 10.0 Å². The Kier molecular flexibility index (Phi) is 4.52. The Hall–Kier alpha value is -2.77. The van der Waals surface area contributed by atoms with Crippen LogP contribution in [0.1, 0.15) is 11.3 Å². The minimum absolute atomic E-state index is 0.0298. The summed E-state index contributed by atoms with van der Waals surface area (Å²) in [7, 11) is -3.93. The number of nitrogens with zero attached hydrogens (tertiary/aromatic N) is 5. The predicted octanol–water partition coefficient (Wildman–Crippen LogP) is 2.41. The highest BCUT2D eigenvalue weighted by molar-refractivity contribution is 9.10. The second-order valence-corrected chi connectivity index (χ2v) is 7.43. The molecule has 8 nitrogen and oxygen atoms in total. The van der Waals surface area contributed by atoms with Gasteiger partial charge in [0.2, 0.25) is 0 Å². The van der Waals surface area contributed by atoms with E-state index in [2.05, 4.69) is 35.7 Å². The van der Waals surface area contributed by atoms with Gasteiger partial charge in [-0.15, -0.1) is 0 Å². The summed E-state index contributed by atoms with van der Waals surface area (Å²) in [5.74, 6) is 0.394. The van der Waals surface area contributed by atoms with Crippen molar-refractivity contribution >= 4 is 31.8 Å². The summed E-state index contributed by atoms with van der Waals surface area (Å²) in [6, 6.07) is 9.30. The number of hydrogen-bond donors (Lipinski definition) is 1. The predicted molar refractivity (Wildman–Crippen MR) is 93.6 cm³/mol. The molecule has 0 aliphatic rings. The average molecular weight is 419 g/mol. The van der Waals surface area contributed by atoms with Gasteiger partial charge in [-0.2, -0.15) is 15.0 Å². The molecule has 0 unspecified atom stereocenters. The topological polar surface area (TPSA) is 114 Å². The summed E-state index contributed by atoms with van der Waals surface area (Å²) < 4.78 is 29.6. The Bertz CT molecular complexity index is 1070. The molecule has 3 rings (SSSR count). The van der Waals surface area contributed by atoms with Crippen LogP contribution < -0.4 is 4.72 Å². The molecule has 0 saturated carbocycles. The van der Waals surface area contributed by atoms with Gasteiger partial charge in [-0.3, -0.25) is 4.72 Å². The van der Waals surface area contributed by atoms with Gasteiger partial charge in [-0.1, -0.05) is 6.07 Å². The summed E-state index contributed by atoms with van der Waals surface area (Å²) in [5.41, 5.74) is 0.814. The fourth-order valence-electron chi connectivity index (χ4n) is 2.06. The summed E-state index contributed by atoms with van der Waals surface area (Å²) in [4.78, 5) is 8.14. The van der Waals surface area contributed by atoms with E-state index in [4.69, 9.17) is 5.26 Å². The summed E-state index contributed by atoms with van der Waals surface area (Å²) in [5, 5.41) is 13.2. The van der Waals surface area contributed by atoms with Gasteiger partial charge in [0, 0.05) is 12.4 Å². The van der Waals surface area contributed by atoms with Gasteiger partial charge in [0.05, 0.1) is 26.7 Å². The number of aryl methyl sites for hydroxylation is 1. The molecular weight excluding hydrogens is 408 g/mol. The summed E-state index contributed by atoms with van der Waals surface area (Å²) in [6.07, 6.45) is 3.06. The molecule has 2 aromatic heterocycles. The van der Waals surface area contributed by atoms with E-state index in [1.165, 1.54) is 41.3 Å². The average Bonchev–Trinajstić information content (AvgIpc) is 2.90. The van der Waals surface area contributed by atoms with Gasteiger partial charge >= 0.3 is 0 Å². The van der Waals surface area contributed by atoms with E-state index in [0.29, 0.717) is 10.2 Å². The fraction of sp³-hybridized carbons (Fsp3) is 0.0667. The van der Waals surface area contributed by atoms with Crippen LogP contribution in [0.15, 0.2) is 52.1 Å². The standard InChI is InChI=1S/C15H11BrN6O2S/c1-10-13(16)14(22(20-10)15-18-6-3-7-19-15)21-25(23,24)12-5-2-4-11(8-12)9-17/h2-8,21H,1H3. The second-order valence-electron chi connectivity index (χ2n) is 4.95. The molecule has 0 spiro atoms. The molecule has 2 heterocycles. The molecule has 10 heteroatoms. The third kappa shape index (κ3) is 3.38. The zero-order valence-corrected chi connectivity index (χ0v) is 15.3. The lowest BCUT2D eigenvalue weighted by Gasteiger charge is -2.10. The highest BCUT2D eigenvalue weighted by atomic mass is 79.9. The summed E-state index contributed by atoms with van der Waals surface area (Å²) >= 11 is 3.33. The molecule has 0 amide bonds. The molecule has 25 heavy (non-hydrogen) atoms. The maximum atomic E-state index is 12.7. The SMILES string of the molecule is Cc1nn(-c2ncccn2)c(NS(=O)(=O)c2cccc(C#N)c2)c1Br. The molecule has 0 aliphatic carbocycles. The first-order valence-electron chi connectivity index (χ1n) is 6.98. The smallest absolute Gasteiger partial charge is 0.262 e. The van der Waals surface area contributed by atoms with E-state index in [1.807, 2.05) is 6.07 Å². The van der Waals surface area contributed by atoms with Crippen molar-refractivity contribution in [3.05, 3.63) is 58.5 Å². The monoisotopic (exact) mass is 418 g/mol. The molecule has 0 bridgehead atoms. The van der Waals surface area contributed by atoms with Crippen molar-refractivity contribution in [1.29, 1.82) is 5.26 Å². The van der Waals surface area contributed by atoms with E-state index in [0.717, 1.165) is 0 Å². The second kappa shape index (κ2) is 6.62. The molecule has 0 radical (unpaired) electrons. The van der Waals surface area contributed by atoms with Crippen LogP contribution in [0.4, 0.5) is 5.82 Å². The molecule has 126 valence electrons. The normalized spacial score (nSPS) is 11.1. The molecule has 0 fully saturated rings. The van der Waals surface area contributed by atoms with Crippen molar-refractivity contribution < 1.29 is 8.42 Å². The van der Waals surface area contributed by atoms with Gasteiger partial charge < -0.3 is 0 Å². The molecule has 0 aliphatic heterocycles. The lowest BCUT2D eigenvalue weighted by molar-refractivity contribution is 0.600. The van der Waals surface area contributed by atoms with Crippen molar-refractivity contribution in [3.63, 3.8) is 0 Å². The molecule has 1 aromatic carbocycles. The third-order valence-electron chi connectivity index (χ3n) is 3.23. The van der Waals surface area contributed by atoms with Crippen LogP contribution in [0, 0.1) is 18.3 Å². The van der Waals surface area contributed by atoms with Crippen LogP contribution in [0.25, 0.3) is 5.95 Å². The largest absolute Gasteiger partial charge is 0.263 e. The Labute approximate surface area is 152 Å². The number of benzene rings is 1. The van der Waals surface area contributed by atoms with Crippen molar-refractivity contribution in [2.45, 2.75) is 11.8 Å². The number of sulfonamides is 1. The number of nitrogens with one attached hydrogen (secondary N) is 1. The Morgan fingerprint density at radius 1 is 1.24 bits per heavy atom. The third-order valence-corrected chi connectivity index (χ3v) is 5.52. The van der Waals surface area contributed by atoms with Crippen LogP contribution in [0.3, 0.4) is 0 Å². The van der Waals surface area contributed by atoms with Crippen molar-refractivity contribution in [2.75, 3.05) is 4.72 Å². The molecule has 1 N–H and O–H groups in total. The van der Waals surface area contributed by atoms with E-state index < -0.39 is 10.0 Å². The molecule has 3 aromatic rings. The van der Waals surface area contributed by atoms with Gasteiger partial charge in [0.15, 0.2) is 5.82 Å². The van der Waals surface area contributed by atoms with Crippen LogP contribution in [0.5, 0.6) is 0 Å². The van der Waals surface area contributed by atoms with Crippen molar-refractivity contribution in [2.24, 2.45) is 0 Å². The van der Waals surface area contributed by atoms with E-state index >= 15 is 0 Å². The summed E-state index contributed by atoms with van der Waals surface area (Å²) in [6.45, 7) is 1.72. The lowest BCUT2D eigenvalue weighted by atomic mass is 10.2. The number of hydrogen-bond acceptors (Lipinski definition) is 6. The van der Waals surface area contributed by atoms with Gasteiger partial charge in [-0.05, 0) is 47.1 Å². The van der Waals surface area contributed by atoms with E-state index in [-0.39, 0.29) is 22.2 Å². The zero-order valence-electron chi connectivity index (χ0n) is 12.9. The first-order chi connectivity index (χ1) is 11.9. The van der Waals surface area contributed by atoms with Crippen molar-refractivity contribution in [3.8, 4) is 12.0 Å². The molecule has 0 atom stereocenters. The lowest BCUT2D eigenvalue weighted by Crippen LogP contribution is -2.17. The van der Waals surface area contributed by atoms with Crippen LogP contribution >= 0.6 is 15.9 Å². The first-order valence-corrected chi connectivity index (χ1v) is 9.25. The molecule has 0 saturated heterocycles. The minimum Gasteiger partial charge on any atom is -0.262 e. The number of halogens is 1. The van der Waals surface area contributed by atoms with E-state index in [9.17, 15) is 8.42 Å². The van der Waals surface area contributed by atoms with Crippen molar-refractivity contribution in [1.82, 2.24) is 19.7 Å². The zero-order chi connectivity index (χ0) is 18.0. The van der Waals surface area contributed by atoms with Gasteiger partial charge in [-0.25, -0.2) is 18.4 Å². The fourth-order valence-corrected chi connectivity index (χ4v) is 3.64. The van der Waals surface area contributed by atoms with Gasteiger partial charge in [0.25, 0.3) is 16.0 Å². The maximum absolute atomic E-state index is 12.7. The molecular formula is C15H11BrN6O2S. The minimum atomic E-state index is -3.93. The first kappa shape index (κ1) is 17.1. The van der Waals surface area contributed by atoms with E-state index in [1.54, 1.807) is 13.0 Å². The maximum Gasteiger partial charge on any atom is 0.263 e. The quantitative estimate of drug-likeness (QED) is 0.695. The Balaban J connectivity index is 2.07. The van der Waals surface area contributed by atoms with Crippen LogP contribution in [-0.4, -0.2) is 28.2 Å². The number of anilines is 1. The number of nitriles is 1. The number of rotatable bonds is 4. The van der Waals surface area contributed by atoms with Crippen LogP contribution in [0.2, 0.25) is 0 Å². The highest BCUT2D eigenvalue weighted by Crippen LogP contribution is 2.29. The highest BCUT2D eigenvalue weighted by Gasteiger charge is 2.23.